The lowest BCUT2D eigenvalue weighted by molar-refractivity contribution is 0.100. The van der Waals surface area contributed by atoms with Gasteiger partial charge in [-0.2, -0.15) is 0 Å². The Morgan fingerprint density at radius 1 is 1.19 bits per heavy atom. The monoisotopic (exact) mass is 211 g/mol. The number of amides is 1. The summed E-state index contributed by atoms with van der Waals surface area (Å²) in [7, 11) is 0. The van der Waals surface area contributed by atoms with Gasteiger partial charge in [-0.3, -0.25) is 4.79 Å². The summed E-state index contributed by atoms with van der Waals surface area (Å²) in [5.41, 5.74) is 7.63. The fourth-order valence-corrected chi connectivity index (χ4v) is 1.83. The zero-order chi connectivity index (χ0) is 11.1. The van der Waals surface area contributed by atoms with Gasteiger partial charge in [0.25, 0.3) is 0 Å². The van der Waals surface area contributed by atoms with Gasteiger partial charge in [0.2, 0.25) is 5.91 Å². The highest BCUT2D eigenvalue weighted by atomic mass is 16.1. The molecule has 0 saturated heterocycles. The molecule has 0 atom stereocenters. The van der Waals surface area contributed by atoms with Crippen LogP contribution in [-0.2, 0) is 0 Å². The van der Waals surface area contributed by atoms with Gasteiger partial charge < -0.3 is 10.7 Å². The average Bonchev–Trinajstić information content (AvgIpc) is 2.71. The molecule has 0 aliphatic heterocycles. The molecule has 3 N–H and O–H groups in total. The summed E-state index contributed by atoms with van der Waals surface area (Å²) >= 11 is 0. The lowest BCUT2D eigenvalue weighted by Crippen LogP contribution is -2.10. The van der Waals surface area contributed by atoms with Crippen molar-refractivity contribution in [2.45, 2.75) is 0 Å². The standard InChI is InChI=1S/C12H9N3O/c13-12(16)8-2-1-7-4-10-11(15-6-14-10)5-9(7)3-8/h1-6H,(H2,13,16)(H,14,15). The summed E-state index contributed by atoms with van der Waals surface area (Å²) in [5.74, 6) is -0.411. The number of primary amides is 1. The second-order valence-corrected chi connectivity index (χ2v) is 3.70. The lowest BCUT2D eigenvalue weighted by atomic mass is 10.1. The maximum Gasteiger partial charge on any atom is 0.248 e. The van der Waals surface area contributed by atoms with Crippen molar-refractivity contribution >= 4 is 27.7 Å². The summed E-state index contributed by atoms with van der Waals surface area (Å²) in [5, 5.41) is 2.03. The lowest BCUT2D eigenvalue weighted by Gasteiger charge is -2.00. The highest BCUT2D eigenvalue weighted by Gasteiger charge is 2.03. The topological polar surface area (TPSA) is 71.8 Å². The number of H-pyrrole nitrogens is 1. The van der Waals surface area contributed by atoms with Crippen LogP contribution in [0.2, 0.25) is 0 Å². The molecule has 78 valence electrons. The van der Waals surface area contributed by atoms with Gasteiger partial charge in [0.1, 0.15) is 0 Å². The van der Waals surface area contributed by atoms with Crippen molar-refractivity contribution in [3.63, 3.8) is 0 Å². The Morgan fingerprint density at radius 3 is 2.88 bits per heavy atom. The van der Waals surface area contributed by atoms with Crippen molar-refractivity contribution in [2.75, 3.05) is 0 Å². The van der Waals surface area contributed by atoms with Crippen LogP contribution in [0.3, 0.4) is 0 Å². The van der Waals surface area contributed by atoms with Gasteiger partial charge >= 0.3 is 0 Å². The molecule has 4 nitrogen and oxygen atoms in total. The minimum absolute atomic E-state index is 0.411. The van der Waals surface area contributed by atoms with Crippen LogP contribution in [0.15, 0.2) is 36.7 Å². The second-order valence-electron chi connectivity index (χ2n) is 3.70. The van der Waals surface area contributed by atoms with Crippen LogP contribution in [0.4, 0.5) is 0 Å². The largest absolute Gasteiger partial charge is 0.366 e. The Bertz CT molecular complexity index is 700. The average molecular weight is 211 g/mol. The van der Waals surface area contributed by atoms with Crippen molar-refractivity contribution in [3.05, 3.63) is 42.2 Å². The molecule has 3 rings (SSSR count). The Morgan fingerprint density at radius 2 is 2.06 bits per heavy atom. The predicted octanol–water partition coefficient (Wildman–Crippen LogP) is 1.81. The molecule has 0 aliphatic rings. The van der Waals surface area contributed by atoms with Crippen molar-refractivity contribution < 1.29 is 4.79 Å². The molecule has 1 heterocycles. The van der Waals surface area contributed by atoms with E-state index in [2.05, 4.69) is 9.97 Å². The predicted molar refractivity (Wildman–Crippen MR) is 62.1 cm³/mol. The van der Waals surface area contributed by atoms with Crippen LogP contribution >= 0.6 is 0 Å². The molecule has 0 bridgehead atoms. The van der Waals surface area contributed by atoms with E-state index < -0.39 is 5.91 Å². The number of imidazole rings is 1. The quantitative estimate of drug-likeness (QED) is 0.644. The van der Waals surface area contributed by atoms with E-state index in [0.29, 0.717) is 5.56 Å². The van der Waals surface area contributed by atoms with Gasteiger partial charge in [-0.15, -0.1) is 0 Å². The van der Waals surface area contributed by atoms with Gasteiger partial charge in [0, 0.05) is 5.56 Å². The van der Waals surface area contributed by atoms with E-state index in [1.165, 1.54) is 0 Å². The van der Waals surface area contributed by atoms with Crippen LogP contribution < -0.4 is 5.73 Å². The second kappa shape index (κ2) is 3.06. The zero-order valence-electron chi connectivity index (χ0n) is 8.40. The Labute approximate surface area is 91.1 Å². The first-order valence-corrected chi connectivity index (χ1v) is 4.91. The Hall–Kier alpha value is -2.36. The van der Waals surface area contributed by atoms with Gasteiger partial charge in [-0.1, -0.05) is 6.07 Å². The number of carbonyl (C=O) groups excluding carboxylic acids is 1. The maximum absolute atomic E-state index is 11.1. The van der Waals surface area contributed by atoms with Crippen LogP contribution in [0.1, 0.15) is 10.4 Å². The molecule has 0 saturated carbocycles. The maximum atomic E-state index is 11.1. The van der Waals surface area contributed by atoms with Crippen LogP contribution in [0.5, 0.6) is 0 Å². The Kier molecular flexibility index (Phi) is 1.71. The number of aromatic nitrogens is 2. The molecule has 0 unspecified atom stereocenters. The van der Waals surface area contributed by atoms with Gasteiger partial charge in [0.15, 0.2) is 0 Å². The number of nitrogens with one attached hydrogen (secondary N) is 1. The first-order chi connectivity index (χ1) is 7.74. The first-order valence-electron chi connectivity index (χ1n) is 4.91. The van der Waals surface area contributed by atoms with Gasteiger partial charge in [-0.25, -0.2) is 4.98 Å². The summed E-state index contributed by atoms with van der Waals surface area (Å²) in [4.78, 5) is 18.3. The molecular weight excluding hydrogens is 202 g/mol. The number of rotatable bonds is 1. The smallest absolute Gasteiger partial charge is 0.248 e. The fourth-order valence-electron chi connectivity index (χ4n) is 1.83. The SMILES string of the molecule is NC(=O)c1ccc2cc3nc[nH]c3cc2c1. The van der Waals surface area contributed by atoms with Crippen LogP contribution in [-0.4, -0.2) is 15.9 Å². The normalized spacial score (nSPS) is 11.0. The van der Waals surface area contributed by atoms with Crippen molar-refractivity contribution in [1.29, 1.82) is 0 Å². The molecule has 4 heteroatoms. The van der Waals surface area contributed by atoms with E-state index in [1.54, 1.807) is 18.5 Å². The van der Waals surface area contributed by atoms with Crippen LogP contribution in [0.25, 0.3) is 21.8 Å². The molecule has 16 heavy (non-hydrogen) atoms. The zero-order valence-corrected chi connectivity index (χ0v) is 8.40. The molecule has 1 aromatic heterocycles. The highest BCUT2D eigenvalue weighted by Crippen LogP contribution is 2.21. The molecule has 0 spiro atoms. The van der Waals surface area contributed by atoms with Crippen molar-refractivity contribution in [1.82, 2.24) is 9.97 Å². The van der Waals surface area contributed by atoms with E-state index in [-0.39, 0.29) is 0 Å². The summed E-state index contributed by atoms with van der Waals surface area (Å²) < 4.78 is 0. The third kappa shape index (κ3) is 1.24. The Balaban J connectivity index is 2.37. The molecule has 0 aliphatic carbocycles. The molecule has 2 aromatic carbocycles. The van der Waals surface area contributed by atoms with E-state index in [1.807, 2.05) is 18.2 Å². The molecule has 3 aromatic rings. The number of hydrogen-bond acceptors (Lipinski definition) is 2. The van der Waals surface area contributed by atoms with E-state index in [4.69, 9.17) is 5.73 Å². The minimum Gasteiger partial charge on any atom is -0.366 e. The summed E-state index contributed by atoms with van der Waals surface area (Å²) in [6.07, 6.45) is 1.65. The van der Waals surface area contributed by atoms with E-state index >= 15 is 0 Å². The highest BCUT2D eigenvalue weighted by molar-refractivity contribution is 6.01. The van der Waals surface area contributed by atoms with Crippen molar-refractivity contribution in [3.8, 4) is 0 Å². The van der Waals surface area contributed by atoms with Crippen molar-refractivity contribution in [2.24, 2.45) is 5.73 Å². The number of aromatic amines is 1. The fraction of sp³-hybridized carbons (Fsp3) is 0. The number of nitrogens with zero attached hydrogens (tertiary/aromatic N) is 1. The van der Waals surface area contributed by atoms with Crippen LogP contribution in [0, 0.1) is 0 Å². The number of nitrogens with two attached hydrogens (primary N) is 1. The van der Waals surface area contributed by atoms with E-state index in [9.17, 15) is 4.79 Å². The number of hydrogen-bond donors (Lipinski definition) is 2. The first kappa shape index (κ1) is 8.91. The number of fused-ring (bicyclic) bond motifs is 2. The number of benzene rings is 2. The third-order valence-electron chi connectivity index (χ3n) is 2.66. The number of carbonyl (C=O) groups is 1. The summed E-state index contributed by atoms with van der Waals surface area (Å²) in [6.45, 7) is 0. The molecule has 1 amide bonds. The van der Waals surface area contributed by atoms with E-state index in [0.717, 1.165) is 21.8 Å². The molecule has 0 fully saturated rings. The molecular formula is C12H9N3O. The molecule has 0 radical (unpaired) electrons. The van der Waals surface area contributed by atoms with Gasteiger partial charge in [0.05, 0.1) is 17.4 Å². The minimum atomic E-state index is -0.411. The third-order valence-corrected chi connectivity index (χ3v) is 2.66. The van der Waals surface area contributed by atoms with Gasteiger partial charge in [-0.05, 0) is 35.0 Å². The summed E-state index contributed by atoms with van der Waals surface area (Å²) in [6, 6.07) is 9.33.